The van der Waals surface area contributed by atoms with E-state index < -0.39 is 0 Å². The van der Waals surface area contributed by atoms with E-state index >= 15 is 0 Å². The topological polar surface area (TPSA) is 87.7 Å². The Morgan fingerprint density at radius 3 is 2.53 bits per heavy atom. The van der Waals surface area contributed by atoms with Crippen LogP contribution in [-0.2, 0) is 9.59 Å². The Morgan fingerprint density at radius 1 is 1.10 bits per heavy atom. The van der Waals surface area contributed by atoms with Gasteiger partial charge in [-0.15, -0.1) is 0 Å². The van der Waals surface area contributed by atoms with E-state index in [0.29, 0.717) is 42.9 Å². The molecule has 1 aliphatic heterocycles. The van der Waals surface area contributed by atoms with Crippen LogP contribution in [0.5, 0.6) is 5.75 Å². The molecule has 30 heavy (non-hydrogen) atoms. The van der Waals surface area contributed by atoms with Crippen molar-refractivity contribution in [3.8, 4) is 5.75 Å². The van der Waals surface area contributed by atoms with Crippen molar-refractivity contribution in [2.45, 2.75) is 12.8 Å². The fourth-order valence-corrected chi connectivity index (χ4v) is 3.77. The highest BCUT2D eigenvalue weighted by molar-refractivity contribution is 9.10. The van der Waals surface area contributed by atoms with E-state index in [0.717, 1.165) is 4.47 Å². The number of benzene rings is 2. The molecule has 0 spiro atoms. The third-order valence-electron chi connectivity index (χ3n) is 5.07. The quantitative estimate of drug-likeness (QED) is 0.674. The van der Waals surface area contributed by atoms with E-state index in [2.05, 4.69) is 26.6 Å². The number of hydrogen-bond donors (Lipinski definition) is 2. The van der Waals surface area contributed by atoms with Gasteiger partial charge in [-0.1, -0.05) is 34.1 Å². The second-order valence-corrected chi connectivity index (χ2v) is 7.95. The summed E-state index contributed by atoms with van der Waals surface area (Å²) < 4.78 is 6.06. The number of halogens is 1. The van der Waals surface area contributed by atoms with Gasteiger partial charge in [-0.05, 0) is 43.2 Å². The van der Waals surface area contributed by atoms with Gasteiger partial charge in [-0.2, -0.15) is 0 Å². The van der Waals surface area contributed by atoms with Crippen molar-refractivity contribution < 1.29 is 19.1 Å². The largest absolute Gasteiger partial charge is 0.495 e. The third kappa shape index (κ3) is 5.60. The standard InChI is InChI=1S/C22H24BrN3O4/c1-30-19-8-3-2-7-18(19)25-22(29)15-9-11-26(12-10-15)20(27)14-24-21(28)16-5-4-6-17(23)13-16/h2-8,13,15H,9-12,14H2,1H3,(H,24,28)(H,25,29). The lowest BCUT2D eigenvalue weighted by Gasteiger charge is -2.31. The molecule has 1 saturated heterocycles. The summed E-state index contributed by atoms with van der Waals surface area (Å²) in [6.45, 7) is 0.897. The summed E-state index contributed by atoms with van der Waals surface area (Å²) in [6.07, 6.45) is 1.15. The molecule has 0 aromatic heterocycles. The van der Waals surface area contributed by atoms with Crippen LogP contribution in [0.2, 0.25) is 0 Å². The van der Waals surface area contributed by atoms with Crippen LogP contribution in [0.3, 0.4) is 0 Å². The van der Waals surface area contributed by atoms with E-state index in [9.17, 15) is 14.4 Å². The van der Waals surface area contributed by atoms with E-state index in [1.54, 1.807) is 42.3 Å². The number of nitrogens with zero attached hydrogens (tertiary/aromatic N) is 1. The van der Waals surface area contributed by atoms with Crippen LogP contribution in [0.25, 0.3) is 0 Å². The lowest BCUT2D eigenvalue weighted by molar-refractivity contribution is -0.133. The van der Waals surface area contributed by atoms with Gasteiger partial charge in [0.05, 0.1) is 19.3 Å². The summed E-state index contributed by atoms with van der Waals surface area (Å²) in [5.74, 6) is -0.0814. The number of amides is 3. The molecule has 3 rings (SSSR count). The molecule has 8 heteroatoms. The molecule has 2 aromatic carbocycles. The van der Waals surface area contributed by atoms with E-state index in [1.807, 2.05) is 18.2 Å². The summed E-state index contributed by atoms with van der Waals surface area (Å²) in [6, 6.07) is 14.2. The summed E-state index contributed by atoms with van der Waals surface area (Å²) in [4.78, 5) is 38.9. The van der Waals surface area contributed by atoms with Crippen molar-refractivity contribution in [1.82, 2.24) is 10.2 Å². The Kier molecular flexibility index (Phi) is 7.46. The van der Waals surface area contributed by atoms with Crippen molar-refractivity contribution in [2.75, 3.05) is 32.1 Å². The number of nitrogens with one attached hydrogen (secondary N) is 2. The Labute approximate surface area is 183 Å². The zero-order valence-electron chi connectivity index (χ0n) is 16.7. The average molecular weight is 474 g/mol. The predicted octanol–water partition coefficient (Wildman–Crippen LogP) is 3.06. The van der Waals surface area contributed by atoms with Gasteiger partial charge in [0.2, 0.25) is 11.8 Å². The maximum atomic E-state index is 12.6. The molecule has 1 aliphatic rings. The van der Waals surface area contributed by atoms with Crippen molar-refractivity contribution in [1.29, 1.82) is 0 Å². The van der Waals surface area contributed by atoms with E-state index in [1.165, 1.54) is 0 Å². The summed E-state index contributed by atoms with van der Waals surface area (Å²) in [7, 11) is 1.56. The Morgan fingerprint density at radius 2 is 1.83 bits per heavy atom. The molecule has 0 radical (unpaired) electrons. The molecule has 1 heterocycles. The number of likely N-dealkylation sites (tertiary alicyclic amines) is 1. The summed E-state index contributed by atoms with van der Waals surface area (Å²) >= 11 is 3.32. The highest BCUT2D eigenvalue weighted by Gasteiger charge is 2.27. The van der Waals surface area contributed by atoms with Crippen LogP contribution in [0.1, 0.15) is 23.2 Å². The molecular weight excluding hydrogens is 450 g/mol. The van der Waals surface area contributed by atoms with Crippen molar-refractivity contribution in [3.63, 3.8) is 0 Å². The van der Waals surface area contributed by atoms with Gasteiger partial charge in [0.25, 0.3) is 5.91 Å². The fraction of sp³-hybridized carbons (Fsp3) is 0.318. The molecule has 0 bridgehead atoms. The van der Waals surface area contributed by atoms with Crippen LogP contribution in [0.4, 0.5) is 5.69 Å². The van der Waals surface area contributed by atoms with Crippen LogP contribution in [-0.4, -0.2) is 49.4 Å². The molecule has 158 valence electrons. The number of hydrogen-bond acceptors (Lipinski definition) is 4. The SMILES string of the molecule is COc1ccccc1NC(=O)C1CCN(C(=O)CNC(=O)c2cccc(Br)c2)CC1. The Balaban J connectivity index is 1.46. The molecule has 1 fully saturated rings. The number of rotatable bonds is 6. The van der Waals surface area contributed by atoms with Crippen LogP contribution < -0.4 is 15.4 Å². The van der Waals surface area contributed by atoms with Gasteiger partial charge >= 0.3 is 0 Å². The number of anilines is 1. The van der Waals surface area contributed by atoms with Gasteiger partial charge in [0, 0.05) is 29.0 Å². The van der Waals surface area contributed by atoms with Crippen molar-refractivity contribution in [2.24, 2.45) is 5.92 Å². The third-order valence-corrected chi connectivity index (χ3v) is 5.56. The molecule has 2 N–H and O–H groups in total. The lowest BCUT2D eigenvalue weighted by atomic mass is 9.95. The maximum absolute atomic E-state index is 12.6. The first-order valence-electron chi connectivity index (χ1n) is 9.73. The highest BCUT2D eigenvalue weighted by Crippen LogP contribution is 2.25. The minimum absolute atomic E-state index is 0.0660. The van der Waals surface area contributed by atoms with Crippen molar-refractivity contribution in [3.05, 3.63) is 58.6 Å². The molecule has 2 aromatic rings. The molecule has 0 saturated carbocycles. The van der Waals surface area contributed by atoms with Gasteiger partial charge in [-0.3, -0.25) is 14.4 Å². The highest BCUT2D eigenvalue weighted by atomic mass is 79.9. The first-order valence-corrected chi connectivity index (χ1v) is 10.5. The number of methoxy groups -OCH3 is 1. The number of carbonyl (C=O) groups is 3. The summed E-state index contributed by atoms with van der Waals surface area (Å²) in [5.41, 5.74) is 1.13. The molecular formula is C22H24BrN3O4. The maximum Gasteiger partial charge on any atom is 0.251 e. The Hall–Kier alpha value is -2.87. The van der Waals surface area contributed by atoms with Gasteiger partial charge in [-0.25, -0.2) is 0 Å². The second-order valence-electron chi connectivity index (χ2n) is 7.04. The van der Waals surface area contributed by atoms with Crippen molar-refractivity contribution >= 4 is 39.3 Å². The number of carbonyl (C=O) groups excluding carboxylic acids is 3. The summed E-state index contributed by atoms with van der Waals surface area (Å²) in [5, 5.41) is 5.57. The molecule has 7 nitrogen and oxygen atoms in total. The molecule has 0 unspecified atom stereocenters. The van der Waals surface area contributed by atoms with Crippen LogP contribution in [0.15, 0.2) is 53.0 Å². The minimum Gasteiger partial charge on any atom is -0.495 e. The number of ether oxygens (including phenoxy) is 1. The molecule has 0 atom stereocenters. The zero-order valence-corrected chi connectivity index (χ0v) is 18.3. The normalized spacial score (nSPS) is 14.1. The smallest absolute Gasteiger partial charge is 0.251 e. The molecule has 0 aliphatic carbocycles. The van der Waals surface area contributed by atoms with Crippen LogP contribution in [0, 0.1) is 5.92 Å². The fourth-order valence-electron chi connectivity index (χ4n) is 3.37. The lowest BCUT2D eigenvalue weighted by Crippen LogP contribution is -2.45. The average Bonchev–Trinajstić information content (AvgIpc) is 2.77. The minimum atomic E-state index is -0.296. The van der Waals surface area contributed by atoms with Gasteiger partial charge < -0.3 is 20.3 Å². The van der Waals surface area contributed by atoms with Gasteiger partial charge in [0.15, 0.2) is 0 Å². The number of para-hydroxylation sites is 2. The monoisotopic (exact) mass is 473 g/mol. The molecule has 3 amide bonds. The second kappa shape index (κ2) is 10.2. The first kappa shape index (κ1) is 21.8. The zero-order chi connectivity index (χ0) is 21.5. The van der Waals surface area contributed by atoms with Gasteiger partial charge in [0.1, 0.15) is 5.75 Å². The van der Waals surface area contributed by atoms with E-state index in [-0.39, 0.29) is 30.2 Å². The predicted molar refractivity (Wildman–Crippen MR) is 117 cm³/mol. The first-order chi connectivity index (χ1) is 14.5. The van der Waals surface area contributed by atoms with Crippen LogP contribution >= 0.6 is 15.9 Å². The Bertz CT molecular complexity index is 926. The number of piperidine rings is 1. The van der Waals surface area contributed by atoms with E-state index in [4.69, 9.17) is 4.74 Å².